The fourth-order valence-electron chi connectivity index (χ4n) is 1.53. The molecule has 0 aliphatic rings. The van der Waals surface area contributed by atoms with Crippen molar-refractivity contribution in [3.8, 4) is 0 Å². The lowest BCUT2D eigenvalue weighted by molar-refractivity contribution is 0.279. The summed E-state index contributed by atoms with van der Waals surface area (Å²) in [7, 11) is 0. The van der Waals surface area contributed by atoms with Gasteiger partial charge in [0.25, 0.3) is 0 Å². The van der Waals surface area contributed by atoms with Crippen molar-refractivity contribution in [1.82, 2.24) is 0 Å². The molecule has 1 nitrogen and oxygen atoms in total. The minimum atomic E-state index is -0.268. The molecular weight excluding hydrogens is 199 g/mol. The Hall–Kier alpha value is -0.930. The first kappa shape index (κ1) is 9.62. The van der Waals surface area contributed by atoms with Gasteiger partial charge in [-0.3, -0.25) is 0 Å². The van der Waals surface area contributed by atoms with Gasteiger partial charge in [-0.1, -0.05) is 19.1 Å². The molecular formula is C11H11FOS. The molecule has 1 heterocycles. The second kappa shape index (κ2) is 3.67. The molecule has 14 heavy (non-hydrogen) atoms. The summed E-state index contributed by atoms with van der Waals surface area (Å²) < 4.78 is 14.2. The molecule has 1 N–H and O–H groups in total. The van der Waals surface area contributed by atoms with E-state index in [-0.39, 0.29) is 11.7 Å². The largest absolute Gasteiger partial charge is 0.392 e. The summed E-state index contributed by atoms with van der Waals surface area (Å²) in [6, 6.07) is 5.86. The van der Waals surface area contributed by atoms with E-state index in [2.05, 4.69) is 6.92 Å². The Bertz CT molecular complexity index is 462. The molecule has 0 atom stereocenters. The zero-order valence-electron chi connectivity index (χ0n) is 7.88. The van der Waals surface area contributed by atoms with Gasteiger partial charge in [0.1, 0.15) is 0 Å². The number of fused-ring (bicyclic) bond motifs is 1. The van der Waals surface area contributed by atoms with Crippen molar-refractivity contribution in [3.63, 3.8) is 0 Å². The van der Waals surface area contributed by atoms with Crippen LogP contribution in [0.4, 0.5) is 4.39 Å². The zero-order valence-corrected chi connectivity index (χ0v) is 8.70. The van der Waals surface area contributed by atoms with Crippen LogP contribution in [0.25, 0.3) is 10.1 Å². The Morgan fingerprint density at radius 3 is 2.86 bits per heavy atom. The van der Waals surface area contributed by atoms with Crippen LogP contribution in [0.3, 0.4) is 0 Å². The summed E-state index contributed by atoms with van der Waals surface area (Å²) in [6.07, 6.45) is 0.948. The van der Waals surface area contributed by atoms with Crippen LogP contribution in [-0.4, -0.2) is 5.11 Å². The molecule has 1 aromatic carbocycles. The molecule has 0 saturated carbocycles. The van der Waals surface area contributed by atoms with Crippen molar-refractivity contribution >= 4 is 21.4 Å². The van der Waals surface area contributed by atoms with E-state index >= 15 is 0 Å². The first-order valence-electron chi connectivity index (χ1n) is 4.57. The quantitative estimate of drug-likeness (QED) is 0.807. The van der Waals surface area contributed by atoms with E-state index in [0.717, 1.165) is 27.8 Å². The van der Waals surface area contributed by atoms with Crippen molar-refractivity contribution in [1.29, 1.82) is 0 Å². The average molecular weight is 210 g/mol. The molecule has 0 saturated heterocycles. The van der Waals surface area contributed by atoms with Gasteiger partial charge >= 0.3 is 0 Å². The van der Waals surface area contributed by atoms with Crippen LogP contribution in [0, 0.1) is 5.13 Å². The fourth-order valence-corrected chi connectivity index (χ4v) is 2.53. The van der Waals surface area contributed by atoms with Crippen molar-refractivity contribution < 1.29 is 9.50 Å². The monoisotopic (exact) mass is 210 g/mol. The Labute approximate surface area is 85.8 Å². The summed E-state index contributed by atoms with van der Waals surface area (Å²) in [4.78, 5) is 0. The second-order valence-corrected chi connectivity index (χ2v) is 4.20. The third-order valence-electron chi connectivity index (χ3n) is 2.37. The SMILES string of the molecule is CCc1ccc2c(CO)c(F)sc2c1. The highest BCUT2D eigenvalue weighted by molar-refractivity contribution is 7.17. The maximum absolute atomic E-state index is 13.3. The van der Waals surface area contributed by atoms with E-state index in [0.29, 0.717) is 5.56 Å². The first-order valence-corrected chi connectivity index (χ1v) is 5.38. The maximum atomic E-state index is 13.3. The molecule has 0 spiro atoms. The van der Waals surface area contributed by atoms with Crippen molar-refractivity contribution in [2.24, 2.45) is 0 Å². The molecule has 3 heteroatoms. The number of aryl methyl sites for hydroxylation is 1. The van der Waals surface area contributed by atoms with Gasteiger partial charge in [0, 0.05) is 15.6 Å². The molecule has 0 fully saturated rings. The molecule has 1 aromatic heterocycles. The predicted molar refractivity (Wildman–Crippen MR) is 57.1 cm³/mol. The fraction of sp³-hybridized carbons (Fsp3) is 0.273. The molecule has 0 unspecified atom stereocenters. The minimum absolute atomic E-state index is 0.225. The van der Waals surface area contributed by atoms with Crippen LogP contribution < -0.4 is 0 Å². The van der Waals surface area contributed by atoms with Crippen molar-refractivity contribution in [2.75, 3.05) is 0 Å². The molecule has 0 amide bonds. The second-order valence-electron chi connectivity index (χ2n) is 3.20. The van der Waals surface area contributed by atoms with Gasteiger partial charge in [0.15, 0.2) is 5.13 Å². The van der Waals surface area contributed by atoms with Gasteiger partial charge in [0.05, 0.1) is 6.61 Å². The van der Waals surface area contributed by atoms with Crippen LogP contribution in [0.15, 0.2) is 18.2 Å². The molecule has 0 bridgehead atoms. The van der Waals surface area contributed by atoms with E-state index in [1.54, 1.807) is 0 Å². The number of aliphatic hydroxyl groups is 1. The molecule has 0 aliphatic heterocycles. The Balaban J connectivity index is 2.68. The maximum Gasteiger partial charge on any atom is 0.183 e. The number of halogens is 1. The standard InChI is InChI=1S/C11H11FOS/c1-2-7-3-4-8-9(6-13)11(12)14-10(8)5-7/h3-5,13H,2,6H2,1H3. The molecule has 74 valence electrons. The Kier molecular flexibility index (Phi) is 2.52. The molecule has 0 radical (unpaired) electrons. The molecule has 2 rings (SSSR count). The summed E-state index contributed by atoms with van der Waals surface area (Å²) in [5.74, 6) is 0. The number of aliphatic hydroxyl groups excluding tert-OH is 1. The Morgan fingerprint density at radius 1 is 1.43 bits per heavy atom. The van der Waals surface area contributed by atoms with E-state index in [4.69, 9.17) is 5.11 Å². The Morgan fingerprint density at radius 2 is 2.21 bits per heavy atom. The lowest BCUT2D eigenvalue weighted by atomic mass is 10.1. The minimum Gasteiger partial charge on any atom is -0.392 e. The highest BCUT2D eigenvalue weighted by Crippen LogP contribution is 2.30. The van der Waals surface area contributed by atoms with Crippen LogP contribution in [-0.2, 0) is 13.0 Å². The number of hydrogen-bond donors (Lipinski definition) is 1. The summed E-state index contributed by atoms with van der Waals surface area (Å²) >= 11 is 1.11. The van der Waals surface area contributed by atoms with Gasteiger partial charge in [-0.05, 0) is 18.1 Å². The number of benzene rings is 1. The van der Waals surface area contributed by atoms with Gasteiger partial charge in [-0.25, -0.2) is 0 Å². The van der Waals surface area contributed by atoms with Crippen LogP contribution in [0.5, 0.6) is 0 Å². The average Bonchev–Trinajstić information content (AvgIpc) is 2.51. The third-order valence-corrected chi connectivity index (χ3v) is 3.36. The van der Waals surface area contributed by atoms with E-state index < -0.39 is 0 Å². The van der Waals surface area contributed by atoms with Gasteiger partial charge < -0.3 is 5.11 Å². The van der Waals surface area contributed by atoms with Crippen LogP contribution >= 0.6 is 11.3 Å². The number of hydrogen-bond acceptors (Lipinski definition) is 2. The highest BCUT2D eigenvalue weighted by atomic mass is 32.1. The van der Waals surface area contributed by atoms with E-state index in [1.807, 2.05) is 18.2 Å². The van der Waals surface area contributed by atoms with Gasteiger partial charge in [0.2, 0.25) is 0 Å². The third kappa shape index (κ3) is 1.42. The lowest BCUT2D eigenvalue weighted by Gasteiger charge is -1.97. The number of thiophene rings is 1. The predicted octanol–water partition coefficient (Wildman–Crippen LogP) is 3.10. The smallest absolute Gasteiger partial charge is 0.183 e. The highest BCUT2D eigenvalue weighted by Gasteiger charge is 2.10. The van der Waals surface area contributed by atoms with Crippen LogP contribution in [0.2, 0.25) is 0 Å². The van der Waals surface area contributed by atoms with Crippen molar-refractivity contribution in [2.45, 2.75) is 20.0 Å². The number of rotatable bonds is 2. The summed E-state index contributed by atoms with van der Waals surface area (Å²) in [5.41, 5.74) is 1.62. The summed E-state index contributed by atoms with van der Waals surface area (Å²) in [6.45, 7) is 1.84. The summed E-state index contributed by atoms with van der Waals surface area (Å²) in [5, 5.41) is 9.57. The van der Waals surface area contributed by atoms with E-state index in [9.17, 15) is 4.39 Å². The first-order chi connectivity index (χ1) is 6.76. The zero-order chi connectivity index (χ0) is 10.1. The normalized spacial score (nSPS) is 11.1. The van der Waals surface area contributed by atoms with Gasteiger partial charge in [-0.2, -0.15) is 4.39 Å². The topological polar surface area (TPSA) is 20.2 Å². The van der Waals surface area contributed by atoms with Gasteiger partial charge in [-0.15, -0.1) is 11.3 Å². The lowest BCUT2D eigenvalue weighted by Crippen LogP contribution is -1.83. The van der Waals surface area contributed by atoms with Crippen LogP contribution in [0.1, 0.15) is 18.1 Å². The molecule has 2 aromatic rings. The van der Waals surface area contributed by atoms with Crippen molar-refractivity contribution in [3.05, 3.63) is 34.5 Å². The van der Waals surface area contributed by atoms with E-state index in [1.165, 1.54) is 5.56 Å². The molecule has 0 aliphatic carbocycles.